The molecule has 0 N–H and O–H groups in total. The van der Waals surface area contributed by atoms with Gasteiger partial charge in [0.1, 0.15) is 0 Å². The summed E-state index contributed by atoms with van der Waals surface area (Å²) in [5, 5.41) is 0. The summed E-state index contributed by atoms with van der Waals surface area (Å²) in [6, 6.07) is 0. The predicted octanol–water partition coefficient (Wildman–Crippen LogP) is 6.58. The van der Waals surface area contributed by atoms with E-state index in [4.69, 9.17) is 0 Å². The molecule has 1 atom stereocenters. The third-order valence-corrected chi connectivity index (χ3v) is 9.30. The van der Waals surface area contributed by atoms with Crippen molar-refractivity contribution in [3.8, 4) is 0 Å². The molecule has 21 heavy (non-hydrogen) atoms. The molecule has 0 saturated carbocycles. The fourth-order valence-electron chi connectivity index (χ4n) is 3.65. The Kier molecular flexibility index (Phi) is 5.35. The van der Waals surface area contributed by atoms with Gasteiger partial charge in [-0.1, -0.05) is 0 Å². The molecule has 0 fully saturated rings. The van der Waals surface area contributed by atoms with Crippen molar-refractivity contribution >= 4 is 0 Å². The van der Waals surface area contributed by atoms with Gasteiger partial charge in [-0.05, 0) is 0 Å². The third-order valence-electron chi connectivity index (χ3n) is 5.37. The molecular formula is C20H30Zr. The predicted molar refractivity (Wildman–Crippen MR) is 90.0 cm³/mol. The van der Waals surface area contributed by atoms with E-state index < -0.39 is 23.2 Å². The number of hydrogen-bond donors (Lipinski definition) is 0. The maximum atomic E-state index is 2.54. The van der Waals surface area contributed by atoms with E-state index in [0.717, 1.165) is 3.63 Å². The molecule has 2 aliphatic carbocycles. The van der Waals surface area contributed by atoms with E-state index in [2.05, 4.69) is 60.6 Å². The van der Waals surface area contributed by atoms with Crippen molar-refractivity contribution in [2.24, 2.45) is 5.41 Å². The Bertz CT molecular complexity index is 548. The first-order chi connectivity index (χ1) is 9.74. The average molecular weight is 362 g/mol. The van der Waals surface area contributed by atoms with Gasteiger partial charge in [-0.15, -0.1) is 0 Å². The Morgan fingerprint density at radius 2 is 1.76 bits per heavy atom. The molecule has 0 radical (unpaired) electrons. The van der Waals surface area contributed by atoms with Crippen molar-refractivity contribution in [3.05, 3.63) is 43.3 Å². The molecule has 0 aromatic heterocycles. The van der Waals surface area contributed by atoms with Gasteiger partial charge in [0.05, 0.1) is 0 Å². The van der Waals surface area contributed by atoms with Crippen LogP contribution in [0.5, 0.6) is 0 Å². The van der Waals surface area contributed by atoms with Crippen LogP contribution in [0.3, 0.4) is 0 Å². The van der Waals surface area contributed by atoms with E-state index in [0.29, 0.717) is 5.41 Å². The zero-order valence-electron chi connectivity index (χ0n) is 14.9. The Balaban J connectivity index is 2.26. The van der Waals surface area contributed by atoms with Gasteiger partial charge in [0.2, 0.25) is 0 Å². The summed E-state index contributed by atoms with van der Waals surface area (Å²) in [5.74, 6) is 0. The molecule has 0 amide bonds. The quantitative estimate of drug-likeness (QED) is 0.498. The van der Waals surface area contributed by atoms with E-state index in [-0.39, 0.29) is 0 Å². The molecule has 2 rings (SSSR count). The van der Waals surface area contributed by atoms with Crippen LogP contribution in [0.25, 0.3) is 0 Å². The van der Waals surface area contributed by atoms with Crippen LogP contribution >= 0.6 is 0 Å². The van der Waals surface area contributed by atoms with Gasteiger partial charge in [0.15, 0.2) is 0 Å². The first-order valence-corrected chi connectivity index (χ1v) is 10.9. The fraction of sp³-hybridized carbons (Fsp3) is 0.600. The van der Waals surface area contributed by atoms with Gasteiger partial charge in [-0.2, -0.15) is 0 Å². The van der Waals surface area contributed by atoms with Gasteiger partial charge >= 0.3 is 143 Å². The van der Waals surface area contributed by atoms with Gasteiger partial charge < -0.3 is 0 Å². The zero-order chi connectivity index (χ0) is 15.8. The summed E-state index contributed by atoms with van der Waals surface area (Å²) in [7, 11) is 0. The molecular weight excluding hydrogens is 331 g/mol. The van der Waals surface area contributed by atoms with Gasteiger partial charge in [-0.3, -0.25) is 0 Å². The van der Waals surface area contributed by atoms with Crippen LogP contribution in [0.2, 0.25) is 3.63 Å². The molecule has 0 saturated heterocycles. The van der Waals surface area contributed by atoms with Crippen LogP contribution in [0.1, 0.15) is 67.7 Å². The Labute approximate surface area is 143 Å². The molecule has 0 aromatic rings. The summed E-state index contributed by atoms with van der Waals surface area (Å²) < 4.78 is 2.53. The third kappa shape index (κ3) is 3.61. The summed E-state index contributed by atoms with van der Waals surface area (Å²) in [5.41, 5.74) is 8.46. The van der Waals surface area contributed by atoms with Crippen molar-refractivity contribution in [1.29, 1.82) is 0 Å². The Morgan fingerprint density at radius 3 is 2.38 bits per heavy atom. The zero-order valence-corrected chi connectivity index (χ0v) is 17.3. The second-order valence-corrected chi connectivity index (χ2v) is 11.6. The molecule has 0 spiro atoms. The Hall–Kier alpha value is -0.157. The van der Waals surface area contributed by atoms with Crippen LogP contribution in [0.15, 0.2) is 43.3 Å². The molecule has 1 unspecified atom stereocenters. The van der Waals surface area contributed by atoms with Gasteiger partial charge in [-0.25, -0.2) is 0 Å². The molecule has 0 aromatic carbocycles. The SMILES string of the molecule is CC(C)=C(C)C(C)=[C](C)[Zr][CH]1C=CC2=C1C(C)(C)CCC2. The number of hydrogen-bond acceptors (Lipinski definition) is 0. The van der Waals surface area contributed by atoms with E-state index in [1.807, 2.05) is 5.57 Å². The molecule has 0 bridgehead atoms. The van der Waals surface area contributed by atoms with Crippen molar-refractivity contribution in [2.75, 3.05) is 0 Å². The summed E-state index contributed by atoms with van der Waals surface area (Å²) in [6.07, 6.45) is 9.06. The van der Waals surface area contributed by atoms with Crippen LogP contribution in [-0.2, 0) is 23.2 Å². The topological polar surface area (TPSA) is 0 Å². The van der Waals surface area contributed by atoms with Crippen molar-refractivity contribution in [3.63, 3.8) is 0 Å². The fourth-order valence-corrected chi connectivity index (χ4v) is 8.03. The van der Waals surface area contributed by atoms with Gasteiger partial charge in [0, 0.05) is 0 Å². The summed E-state index contributed by atoms with van der Waals surface area (Å²) in [6.45, 7) is 16.4. The van der Waals surface area contributed by atoms with Crippen molar-refractivity contribution < 1.29 is 23.2 Å². The molecule has 0 heterocycles. The minimum atomic E-state index is -0.565. The van der Waals surface area contributed by atoms with Crippen LogP contribution in [-0.4, -0.2) is 0 Å². The maximum absolute atomic E-state index is 2.54. The van der Waals surface area contributed by atoms with Crippen LogP contribution in [0, 0.1) is 5.41 Å². The number of rotatable bonds is 3. The van der Waals surface area contributed by atoms with Crippen molar-refractivity contribution in [1.82, 2.24) is 0 Å². The first-order valence-electron chi connectivity index (χ1n) is 8.24. The van der Waals surface area contributed by atoms with E-state index in [1.54, 1.807) is 14.4 Å². The normalized spacial score (nSPS) is 24.6. The average Bonchev–Trinajstić information content (AvgIpc) is 2.81. The molecule has 0 aliphatic heterocycles. The van der Waals surface area contributed by atoms with Crippen LogP contribution in [0.4, 0.5) is 0 Å². The second kappa shape index (κ2) is 6.53. The monoisotopic (exact) mass is 360 g/mol. The van der Waals surface area contributed by atoms with E-state index in [9.17, 15) is 0 Å². The molecule has 0 nitrogen and oxygen atoms in total. The number of allylic oxidation sites excluding steroid dienone is 8. The van der Waals surface area contributed by atoms with Crippen molar-refractivity contribution in [2.45, 2.75) is 71.4 Å². The molecule has 2 aliphatic rings. The molecule has 114 valence electrons. The summed E-state index contributed by atoms with van der Waals surface area (Å²) >= 11 is -0.565. The van der Waals surface area contributed by atoms with E-state index >= 15 is 0 Å². The first kappa shape index (κ1) is 17.2. The molecule has 1 heteroatoms. The summed E-state index contributed by atoms with van der Waals surface area (Å²) in [4.78, 5) is 0. The second-order valence-electron chi connectivity index (χ2n) is 7.53. The van der Waals surface area contributed by atoms with Crippen LogP contribution < -0.4 is 0 Å². The van der Waals surface area contributed by atoms with E-state index in [1.165, 1.54) is 30.4 Å². The Morgan fingerprint density at radius 1 is 1.10 bits per heavy atom. The standard InChI is InChI=1S/C11H15.C9H15.Zr/c1-11(2)8-4-6-9-5-3-7-10(9)11;1-6-8(4)9(5)7(2)3;/h3,5,7H,4,6,8H2,1-2H3;1-5H3;. The minimum absolute atomic E-state index is 0.433. The van der Waals surface area contributed by atoms with Gasteiger partial charge in [0.25, 0.3) is 0 Å².